The lowest BCUT2D eigenvalue weighted by Gasteiger charge is -2.44. The summed E-state index contributed by atoms with van der Waals surface area (Å²) in [4.78, 5) is 0. The molecule has 20 heavy (non-hydrogen) atoms. The number of hydrogen-bond donors (Lipinski definition) is 1. The smallest absolute Gasteiger partial charge is 0.0939 e. The SMILES string of the molecule is CCCC1CCC(O)C(C2CCOC3(CCOC3)C2)C1. The summed E-state index contributed by atoms with van der Waals surface area (Å²) in [5.74, 6) is 1.98. The Morgan fingerprint density at radius 3 is 2.85 bits per heavy atom. The Kier molecular flexibility index (Phi) is 4.68. The van der Waals surface area contributed by atoms with Gasteiger partial charge in [0.05, 0.1) is 18.3 Å². The highest BCUT2D eigenvalue weighted by atomic mass is 16.6. The largest absolute Gasteiger partial charge is 0.393 e. The second-order valence-electron chi connectivity index (χ2n) is 7.29. The van der Waals surface area contributed by atoms with Crippen LogP contribution in [0.2, 0.25) is 0 Å². The van der Waals surface area contributed by atoms with E-state index in [-0.39, 0.29) is 11.7 Å². The van der Waals surface area contributed by atoms with Crippen LogP contribution in [-0.2, 0) is 9.47 Å². The molecule has 2 saturated heterocycles. The highest BCUT2D eigenvalue weighted by Crippen LogP contribution is 2.44. The van der Waals surface area contributed by atoms with Gasteiger partial charge >= 0.3 is 0 Å². The first kappa shape index (κ1) is 14.8. The van der Waals surface area contributed by atoms with Crippen molar-refractivity contribution in [2.45, 2.75) is 70.0 Å². The summed E-state index contributed by atoms with van der Waals surface area (Å²) in [7, 11) is 0. The van der Waals surface area contributed by atoms with Crippen LogP contribution in [0.15, 0.2) is 0 Å². The Labute approximate surface area is 123 Å². The molecule has 0 bridgehead atoms. The minimum atomic E-state index is -0.0782. The highest BCUT2D eigenvalue weighted by molar-refractivity contribution is 4.94. The van der Waals surface area contributed by atoms with E-state index in [9.17, 15) is 5.11 Å². The van der Waals surface area contributed by atoms with Crippen molar-refractivity contribution in [1.29, 1.82) is 0 Å². The van der Waals surface area contributed by atoms with E-state index >= 15 is 0 Å². The van der Waals surface area contributed by atoms with Gasteiger partial charge in [-0.15, -0.1) is 0 Å². The van der Waals surface area contributed by atoms with Crippen molar-refractivity contribution >= 4 is 0 Å². The normalized spacial score (nSPS) is 45.9. The van der Waals surface area contributed by atoms with Gasteiger partial charge in [-0.25, -0.2) is 0 Å². The van der Waals surface area contributed by atoms with Crippen LogP contribution < -0.4 is 0 Å². The maximum absolute atomic E-state index is 10.5. The molecule has 1 aliphatic carbocycles. The lowest BCUT2D eigenvalue weighted by atomic mass is 9.67. The van der Waals surface area contributed by atoms with Crippen molar-refractivity contribution in [1.82, 2.24) is 0 Å². The lowest BCUT2D eigenvalue weighted by molar-refractivity contribution is -0.121. The van der Waals surface area contributed by atoms with Gasteiger partial charge in [0.2, 0.25) is 0 Å². The first-order valence-corrected chi connectivity index (χ1v) is 8.62. The Hall–Kier alpha value is -0.120. The summed E-state index contributed by atoms with van der Waals surface area (Å²) in [6.07, 6.45) is 9.28. The van der Waals surface area contributed by atoms with E-state index in [1.807, 2.05) is 0 Å². The van der Waals surface area contributed by atoms with Crippen molar-refractivity contribution in [3.05, 3.63) is 0 Å². The molecule has 3 heteroatoms. The van der Waals surface area contributed by atoms with E-state index in [0.29, 0.717) is 11.8 Å². The second-order valence-corrected chi connectivity index (χ2v) is 7.29. The van der Waals surface area contributed by atoms with Gasteiger partial charge in [-0.3, -0.25) is 0 Å². The number of aliphatic hydroxyl groups excluding tert-OH is 1. The zero-order valence-corrected chi connectivity index (χ0v) is 12.9. The van der Waals surface area contributed by atoms with Gasteiger partial charge in [-0.05, 0) is 49.9 Å². The summed E-state index contributed by atoms with van der Waals surface area (Å²) in [5, 5.41) is 10.5. The topological polar surface area (TPSA) is 38.7 Å². The molecule has 5 atom stereocenters. The molecular weight excluding hydrogens is 252 g/mol. The number of rotatable bonds is 3. The maximum atomic E-state index is 10.5. The van der Waals surface area contributed by atoms with Gasteiger partial charge in [0.1, 0.15) is 0 Å². The molecule has 0 aromatic rings. The molecule has 3 rings (SSSR count). The fraction of sp³-hybridized carbons (Fsp3) is 1.00. The molecule has 2 aliphatic heterocycles. The van der Waals surface area contributed by atoms with Crippen LogP contribution in [-0.4, -0.2) is 36.6 Å². The third-order valence-electron chi connectivity index (χ3n) is 5.87. The molecule has 2 heterocycles. The van der Waals surface area contributed by atoms with Crippen LogP contribution in [0, 0.1) is 17.8 Å². The maximum Gasteiger partial charge on any atom is 0.0939 e. The molecule has 0 aromatic heterocycles. The minimum Gasteiger partial charge on any atom is -0.393 e. The second kappa shape index (κ2) is 6.33. The van der Waals surface area contributed by atoms with Gasteiger partial charge < -0.3 is 14.6 Å². The van der Waals surface area contributed by atoms with Crippen LogP contribution in [0.1, 0.15) is 58.3 Å². The van der Waals surface area contributed by atoms with Crippen molar-refractivity contribution in [3.63, 3.8) is 0 Å². The average molecular weight is 282 g/mol. The van der Waals surface area contributed by atoms with E-state index in [4.69, 9.17) is 9.47 Å². The summed E-state index contributed by atoms with van der Waals surface area (Å²) in [6, 6.07) is 0. The molecule has 116 valence electrons. The first-order chi connectivity index (χ1) is 9.72. The number of hydrogen-bond acceptors (Lipinski definition) is 3. The van der Waals surface area contributed by atoms with E-state index in [1.165, 1.54) is 25.7 Å². The summed E-state index contributed by atoms with van der Waals surface area (Å²) in [6.45, 7) is 4.75. The zero-order valence-electron chi connectivity index (χ0n) is 12.9. The molecule has 1 N–H and O–H groups in total. The van der Waals surface area contributed by atoms with Crippen LogP contribution in [0.5, 0.6) is 0 Å². The van der Waals surface area contributed by atoms with Crippen molar-refractivity contribution in [2.75, 3.05) is 19.8 Å². The monoisotopic (exact) mass is 282 g/mol. The van der Waals surface area contributed by atoms with E-state index in [0.717, 1.165) is 51.4 Å². The minimum absolute atomic E-state index is 0.0136. The zero-order chi connectivity index (χ0) is 14.0. The van der Waals surface area contributed by atoms with E-state index < -0.39 is 0 Å². The Balaban J connectivity index is 1.64. The molecule has 1 saturated carbocycles. The Bertz CT molecular complexity index is 311. The highest BCUT2D eigenvalue weighted by Gasteiger charge is 2.45. The van der Waals surface area contributed by atoms with Crippen molar-refractivity contribution < 1.29 is 14.6 Å². The van der Waals surface area contributed by atoms with Crippen molar-refractivity contribution in [3.8, 4) is 0 Å². The van der Waals surface area contributed by atoms with Gasteiger partial charge in [0.25, 0.3) is 0 Å². The van der Waals surface area contributed by atoms with Crippen LogP contribution in [0.3, 0.4) is 0 Å². The van der Waals surface area contributed by atoms with Crippen LogP contribution in [0.4, 0.5) is 0 Å². The third kappa shape index (κ3) is 3.05. The first-order valence-electron chi connectivity index (χ1n) is 8.62. The predicted molar refractivity (Wildman–Crippen MR) is 78.6 cm³/mol. The molecule has 0 radical (unpaired) electrons. The third-order valence-corrected chi connectivity index (χ3v) is 5.87. The van der Waals surface area contributed by atoms with Gasteiger partial charge in [-0.2, -0.15) is 0 Å². The van der Waals surface area contributed by atoms with Crippen LogP contribution in [0.25, 0.3) is 0 Å². The van der Waals surface area contributed by atoms with Crippen molar-refractivity contribution in [2.24, 2.45) is 17.8 Å². The number of ether oxygens (including phenoxy) is 2. The van der Waals surface area contributed by atoms with Gasteiger partial charge in [0.15, 0.2) is 0 Å². The summed E-state index contributed by atoms with van der Waals surface area (Å²) < 4.78 is 11.6. The standard InChI is InChI=1S/C17H30O3/c1-2-3-13-4-5-16(18)15(10-13)14-6-8-20-17(11-14)7-9-19-12-17/h13-16,18H,2-12H2,1H3. The molecule has 0 aromatic carbocycles. The quantitative estimate of drug-likeness (QED) is 0.864. The fourth-order valence-electron chi connectivity index (χ4n) is 4.75. The van der Waals surface area contributed by atoms with E-state index in [1.54, 1.807) is 0 Å². The van der Waals surface area contributed by atoms with Gasteiger partial charge in [0, 0.05) is 19.6 Å². The summed E-state index contributed by atoms with van der Waals surface area (Å²) >= 11 is 0. The molecule has 3 fully saturated rings. The summed E-state index contributed by atoms with van der Waals surface area (Å²) in [5.41, 5.74) is -0.0136. The Morgan fingerprint density at radius 2 is 2.10 bits per heavy atom. The fourth-order valence-corrected chi connectivity index (χ4v) is 4.75. The molecule has 3 nitrogen and oxygen atoms in total. The van der Waals surface area contributed by atoms with E-state index in [2.05, 4.69) is 6.92 Å². The Morgan fingerprint density at radius 1 is 1.20 bits per heavy atom. The predicted octanol–water partition coefficient (Wildman–Crippen LogP) is 3.15. The lowest BCUT2D eigenvalue weighted by Crippen LogP contribution is -2.45. The molecule has 1 spiro atoms. The van der Waals surface area contributed by atoms with Gasteiger partial charge in [-0.1, -0.05) is 19.8 Å². The molecule has 0 amide bonds. The average Bonchev–Trinajstić information content (AvgIpc) is 2.89. The molecular formula is C17H30O3. The molecule has 5 unspecified atom stereocenters. The molecule has 3 aliphatic rings. The number of aliphatic hydroxyl groups is 1. The van der Waals surface area contributed by atoms with Crippen LogP contribution >= 0.6 is 0 Å².